The average molecular weight is 211 g/mol. The third kappa shape index (κ3) is 1.80. The smallest absolute Gasteiger partial charge is 0.126 e. The number of thiazole rings is 1. The van der Waals surface area contributed by atoms with Gasteiger partial charge in [-0.3, -0.25) is 0 Å². The summed E-state index contributed by atoms with van der Waals surface area (Å²) in [5.74, 6) is -1.13. The molecule has 2 rings (SSSR count). The number of hydrogen-bond acceptors (Lipinski definition) is 2. The van der Waals surface area contributed by atoms with E-state index in [9.17, 15) is 8.78 Å². The lowest BCUT2D eigenvalue weighted by atomic mass is 10.2. The molecule has 0 aliphatic rings. The zero-order chi connectivity index (χ0) is 10.1. The summed E-state index contributed by atoms with van der Waals surface area (Å²) in [6.45, 7) is 1.85. The summed E-state index contributed by atoms with van der Waals surface area (Å²) in [5.41, 5.74) is 0.535. The summed E-state index contributed by atoms with van der Waals surface area (Å²) in [5, 5.41) is 0.879. The number of nitrogens with zero attached hydrogens (tertiary/aromatic N) is 1. The van der Waals surface area contributed by atoms with E-state index >= 15 is 0 Å². The number of aromatic nitrogens is 1. The van der Waals surface area contributed by atoms with Crippen LogP contribution in [0.1, 0.15) is 5.01 Å². The maximum Gasteiger partial charge on any atom is 0.126 e. The fourth-order valence-corrected chi connectivity index (χ4v) is 1.96. The second-order valence-corrected chi connectivity index (χ2v) is 4.14. The molecular weight excluding hydrogens is 204 g/mol. The molecule has 1 aromatic heterocycles. The first-order valence-electron chi connectivity index (χ1n) is 4.04. The predicted octanol–water partition coefficient (Wildman–Crippen LogP) is 3.40. The normalized spacial score (nSPS) is 10.5. The van der Waals surface area contributed by atoms with E-state index in [0.29, 0.717) is 5.56 Å². The van der Waals surface area contributed by atoms with E-state index < -0.39 is 11.6 Å². The SMILES string of the molecule is Cc1ncc(-c2cc(F)cc(F)c2)s1. The third-order valence-electron chi connectivity index (χ3n) is 1.77. The highest BCUT2D eigenvalue weighted by molar-refractivity contribution is 7.15. The lowest BCUT2D eigenvalue weighted by Crippen LogP contribution is -1.81. The lowest BCUT2D eigenvalue weighted by molar-refractivity contribution is 0.584. The van der Waals surface area contributed by atoms with Crippen LogP contribution >= 0.6 is 11.3 Å². The average Bonchev–Trinajstić information content (AvgIpc) is 2.50. The van der Waals surface area contributed by atoms with Gasteiger partial charge in [-0.25, -0.2) is 13.8 Å². The molecule has 1 heterocycles. The first kappa shape index (κ1) is 9.27. The van der Waals surface area contributed by atoms with Gasteiger partial charge in [0.1, 0.15) is 11.6 Å². The maximum absolute atomic E-state index is 12.9. The number of halogens is 2. The molecule has 4 heteroatoms. The summed E-state index contributed by atoms with van der Waals surface area (Å²) >= 11 is 1.41. The van der Waals surface area contributed by atoms with E-state index in [0.717, 1.165) is 16.0 Å². The fourth-order valence-electron chi connectivity index (χ4n) is 1.19. The molecule has 1 aromatic carbocycles. The summed E-state index contributed by atoms with van der Waals surface area (Å²) in [6, 6.07) is 3.46. The quantitative estimate of drug-likeness (QED) is 0.704. The Labute approximate surface area is 84.0 Å². The van der Waals surface area contributed by atoms with Crippen LogP contribution in [0.5, 0.6) is 0 Å². The van der Waals surface area contributed by atoms with Crippen molar-refractivity contribution in [2.24, 2.45) is 0 Å². The Morgan fingerprint density at radius 3 is 2.29 bits per heavy atom. The second kappa shape index (κ2) is 3.46. The second-order valence-electron chi connectivity index (χ2n) is 2.90. The van der Waals surface area contributed by atoms with E-state index in [4.69, 9.17) is 0 Å². The standard InChI is InChI=1S/C10H7F2NS/c1-6-13-5-10(14-6)7-2-8(11)4-9(12)3-7/h2-5H,1H3. The van der Waals surface area contributed by atoms with E-state index in [-0.39, 0.29) is 0 Å². The molecule has 0 unspecified atom stereocenters. The number of hydrogen-bond donors (Lipinski definition) is 0. The van der Waals surface area contributed by atoms with Crippen molar-refractivity contribution in [3.05, 3.63) is 41.0 Å². The van der Waals surface area contributed by atoms with E-state index in [1.165, 1.54) is 23.5 Å². The van der Waals surface area contributed by atoms with Gasteiger partial charge < -0.3 is 0 Å². The molecule has 72 valence electrons. The number of rotatable bonds is 1. The monoisotopic (exact) mass is 211 g/mol. The van der Waals surface area contributed by atoms with E-state index in [1.54, 1.807) is 6.20 Å². The maximum atomic E-state index is 12.9. The van der Waals surface area contributed by atoms with Gasteiger partial charge in [-0.2, -0.15) is 0 Å². The molecule has 0 atom stereocenters. The molecule has 0 spiro atoms. The van der Waals surface area contributed by atoms with Crippen LogP contribution < -0.4 is 0 Å². The molecular formula is C10H7F2NS. The molecule has 0 aliphatic heterocycles. The minimum atomic E-state index is -0.564. The first-order valence-corrected chi connectivity index (χ1v) is 4.86. The molecule has 0 fully saturated rings. The van der Waals surface area contributed by atoms with Crippen LogP contribution in [0.4, 0.5) is 8.78 Å². The molecule has 0 amide bonds. The van der Waals surface area contributed by atoms with Crippen molar-refractivity contribution in [1.29, 1.82) is 0 Å². The van der Waals surface area contributed by atoms with Crippen LogP contribution in [-0.2, 0) is 0 Å². The molecule has 0 saturated carbocycles. The summed E-state index contributed by atoms with van der Waals surface area (Å²) < 4.78 is 25.7. The highest BCUT2D eigenvalue weighted by Crippen LogP contribution is 2.26. The van der Waals surface area contributed by atoms with Gasteiger partial charge in [0, 0.05) is 12.3 Å². The van der Waals surface area contributed by atoms with Gasteiger partial charge >= 0.3 is 0 Å². The van der Waals surface area contributed by atoms with Gasteiger partial charge in [0.05, 0.1) is 9.88 Å². The topological polar surface area (TPSA) is 12.9 Å². The van der Waals surface area contributed by atoms with Crippen LogP contribution in [-0.4, -0.2) is 4.98 Å². The first-order chi connectivity index (χ1) is 6.65. The molecule has 1 nitrogen and oxygen atoms in total. The van der Waals surface area contributed by atoms with Crippen molar-refractivity contribution in [3.63, 3.8) is 0 Å². The van der Waals surface area contributed by atoms with Crippen LogP contribution in [0.2, 0.25) is 0 Å². The Morgan fingerprint density at radius 2 is 1.79 bits per heavy atom. The molecule has 0 radical (unpaired) electrons. The predicted molar refractivity (Wildman–Crippen MR) is 52.2 cm³/mol. The van der Waals surface area contributed by atoms with Crippen molar-refractivity contribution in [3.8, 4) is 10.4 Å². The number of benzene rings is 1. The van der Waals surface area contributed by atoms with Crippen LogP contribution in [0.25, 0.3) is 10.4 Å². The largest absolute Gasteiger partial charge is 0.249 e. The zero-order valence-electron chi connectivity index (χ0n) is 7.42. The Balaban J connectivity index is 2.51. The van der Waals surface area contributed by atoms with Crippen molar-refractivity contribution in [2.45, 2.75) is 6.92 Å². The Bertz CT molecular complexity index is 445. The summed E-state index contributed by atoms with van der Waals surface area (Å²) in [6.07, 6.45) is 1.62. The molecule has 0 aliphatic carbocycles. The highest BCUT2D eigenvalue weighted by Gasteiger charge is 2.05. The van der Waals surface area contributed by atoms with Gasteiger partial charge in [0.15, 0.2) is 0 Å². The summed E-state index contributed by atoms with van der Waals surface area (Å²) in [7, 11) is 0. The molecule has 2 aromatic rings. The lowest BCUT2D eigenvalue weighted by Gasteiger charge is -1.97. The van der Waals surface area contributed by atoms with Crippen molar-refractivity contribution in [2.75, 3.05) is 0 Å². The van der Waals surface area contributed by atoms with Gasteiger partial charge in [-0.15, -0.1) is 11.3 Å². The van der Waals surface area contributed by atoms with Crippen molar-refractivity contribution < 1.29 is 8.78 Å². The van der Waals surface area contributed by atoms with Gasteiger partial charge in [-0.05, 0) is 24.6 Å². The van der Waals surface area contributed by atoms with E-state index in [2.05, 4.69) is 4.98 Å². The molecule has 0 bridgehead atoms. The van der Waals surface area contributed by atoms with Gasteiger partial charge in [0.2, 0.25) is 0 Å². The molecule has 14 heavy (non-hydrogen) atoms. The molecule has 0 N–H and O–H groups in total. The van der Waals surface area contributed by atoms with E-state index in [1.807, 2.05) is 6.92 Å². The minimum Gasteiger partial charge on any atom is -0.249 e. The van der Waals surface area contributed by atoms with Gasteiger partial charge in [0.25, 0.3) is 0 Å². The van der Waals surface area contributed by atoms with Crippen molar-refractivity contribution >= 4 is 11.3 Å². The van der Waals surface area contributed by atoms with Crippen LogP contribution in [0.15, 0.2) is 24.4 Å². The molecule has 0 saturated heterocycles. The Kier molecular flexibility index (Phi) is 2.29. The third-order valence-corrected chi connectivity index (χ3v) is 2.73. The van der Waals surface area contributed by atoms with Crippen LogP contribution in [0.3, 0.4) is 0 Å². The zero-order valence-corrected chi connectivity index (χ0v) is 8.24. The van der Waals surface area contributed by atoms with Crippen LogP contribution in [0, 0.1) is 18.6 Å². The van der Waals surface area contributed by atoms with Crippen molar-refractivity contribution in [1.82, 2.24) is 4.98 Å². The van der Waals surface area contributed by atoms with Gasteiger partial charge in [-0.1, -0.05) is 0 Å². The highest BCUT2D eigenvalue weighted by atomic mass is 32.1. The Morgan fingerprint density at radius 1 is 1.14 bits per heavy atom. The number of aryl methyl sites for hydroxylation is 1. The fraction of sp³-hybridized carbons (Fsp3) is 0.100. The minimum absolute atomic E-state index is 0.535. The Hall–Kier alpha value is -1.29. The summed E-state index contributed by atoms with van der Waals surface area (Å²) in [4.78, 5) is 4.80.